The molecule has 0 bridgehead atoms. The highest BCUT2D eigenvalue weighted by atomic mass is 35.5. The third-order valence-corrected chi connectivity index (χ3v) is 1.80. The van der Waals surface area contributed by atoms with E-state index in [4.69, 9.17) is 11.6 Å². The van der Waals surface area contributed by atoms with Crippen LogP contribution in [0.25, 0.3) is 0 Å². The normalized spacial score (nSPS) is 9.56. The number of alkyl halides is 1. The van der Waals surface area contributed by atoms with Gasteiger partial charge < -0.3 is 4.74 Å². The van der Waals surface area contributed by atoms with E-state index in [1.54, 1.807) is 6.07 Å². The average molecular weight is 245 g/mol. The van der Waals surface area contributed by atoms with Crippen molar-refractivity contribution in [3.8, 4) is 0 Å². The molecule has 0 heterocycles. The van der Waals surface area contributed by atoms with Gasteiger partial charge in [-0.3, -0.25) is 15.4 Å². The Hall–Kier alpha value is -1.82. The molecule has 0 aliphatic heterocycles. The number of nitro groups is 1. The van der Waals surface area contributed by atoms with Crippen LogP contribution in [0.3, 0.4) is 0 Å². The molecule has 16 heavy (non-hydrogen) atoms. The number of nitrogens with zero attached hydrogens (tertiary/aromatic N) is 1. The molecule has 86 valence electrons. The molecule has 0 aromatic heterocycles. The number of rotatable bonds is 4. The third-order valence-electron chi connectivity index (χ3n) is 1.65. The number of ether oxygens (including phenoxy) is 1. The lowest BCUT2D eigenvalue weighted by Crippen LogP contribution is -2.15. The first-order chi connectivity index (χ1) is 7.65. The lowest BCUT2D eigenvalue weighted by Gasteiger charge is -2.05. The van der Waals surface area contributed by atoms with E-state index >= 15 is 0 Å². The molecule has 0 fully saturated rings. The van der Waals surface area contributed by atoms with Crippen molar-refractivity contribution in [2.45, 2.75) is 0 Å². The van der Waals surface area contributed by atoms with E-state index < -0.39 is 11.0 Å². The number of amides is 1. The number of hydrogen-bond donors (Lipinski definition) is 1. The second kappa shape index (κ2) is 5.92. The van der Waals surface area contributed by atoms with E-state index in [-0.39, 0.29) is 23.9 Å². The van der Waals surface area contributed by atoms with Crippen molar-refractivity contribution in [2.24, 2.45) is 0 Å². The van der Waals surface area contributed by atoms with E-state index in [1.807, 2.05) is 0 Å². The Balaban J connectivity index is 2.73. The molecular weight excluding hydrogens is 236 g/mol. The Kier molecular flexibility index (Phi) is 4.53. The van der Waals surface area contributed by atoms with E-state index in [2.05, 4.69) is 10.1 Å². The molecule has 0 aliphatic rings. The first-order valence-corrected chi connectivity index (χ1v) is 4.91. The number of nitrogens with one attached hydrogen (secondary N) is 1. The predicted octanol–water partition coefficient (Wildman–Crippen LogP) is 2.38. The van der Waals surface area contributed by atoms with Gasteiger partial charge in [-0.1, -0.05) is 12.1 Å². The number of nitro benzene ring substituents is 1. The van der Waals surface area contributed by atoms with Gasteiger partial charge in [0, 0.05) is 6.07 Å². The second-order valence-electron chi connectivity index (χ2n) is 2.72. The molecule has 6 nitrogen and oxygen atoms in total. The topological polar surface area (TPSA) is 81.5 Å². The van der Waals surface area contributed by atoms with Crippen molar-refractivity contribution in [1.29, 1.82) is 0 Å². The van der Waals surface area contributed by atoms with Crippen molar-refractivity contribution < 1.29 is 14.5 Å². The molecule has 1 aromatic rings. The Morgan fingerprint density at radius 1 is 1.50 bits per heavy atom. The summed E-state index contributed by atoms with van der Waals surface area (Å²) in [6.07, 6.45) is -0.769. The van der Waals surface area contributed by atoms with Crippen LogP contribution in [0.15, 0.2) is 24.3 Å². The maximum Gasteiger partial charge on any atom is 0.411 e. The molecule has 1 amide bonds. The van der Waals surface area contributed by atoms with Crippen molar-refractivity contribution in [2.75, 3.05) is 17.8 Å². The standard InChI is InChI=1S/C9H9ClN2O4/c10-5-6-16-9(13)11-7-3-1-2-4-8(7)12(14)15/h1-4H,5-6H2,(H,11,13). The van der Waals surface area contributed by atoms with Crippen LogP contribution in [-0.4, -0.2) is 23.5 Å². The van der Waals surface area contributed by atoms with Crippen LogP contribution in [0.2, 0.25) is 0 Å². The maximum atomic E-state index is 11.1. The molecule has 0 radical (unpaired) electrons. The molecule has 0 aliphatic carbocycles. The fourth-order valence-electron chi connectivity index (χ4n) is 1.02. The summed E-state index contributed by atoms with van der Waals surface area (Å²) < 4.78 is 4.63. The molecule has 1 rings (SSSR count). The molecular formula is C9H9ClN2O4. The van der Waals surface area contributed by atoms with Crippen LogP contribution in [0.5, 0.6) is 0 Å². The molecule has 1 aromatic carbocycles. The van der Waals surface area contributed by atoms with Gasteiger partial charge in [-0.25, -0.2) is 4.79 Å². The van der Waals surface area contributed by atoms with Gasteiger partial charge in [0.05, 0.1) is 10.8 Å². The maximum absolute atomic E-state index is 11.1. The summed E-state index contributed by atoms with van der Waals surface area (Å²) in [7, 11) is 0. The molecule has 0 atom stereocenters. The predicted molar refractivity (Wildman–Crippen MR) is 58.8 cm³/mol. The van der Waals surface area contributed by atoms with Crippen LogP contribution < -0.4 is 5.32 Å². The highest BCUT2D eigenvalue weighted by Crippen LogP contribution is 2.23. The summed E-state index contributed by atoms with van der Waals surface area (Å²) in [6, 6.07) is 5.79. The Bertz CT molecular complexity index is 397. The number of para-hydroxylation sites is 2. The SMILES string of the molecule is O=C(Nc1ccccc1[N+](=O)[O-])OCCCl. The Labute approximate surface area is 96.3 Å². The van der Waals surface area contributed by atoms with Crippen molar-refractivity contribution in [1.82, 2.24) is 0 Å². The van der Waals surface area contributed by atoms with Gasteiger partial charge in [-0.05, 0) is 6.07 Å². The number of anilines is 1. The van der Waals surface area contributed by atoms with E-state index in [0.717, 1.165) is 0 Å². The number of benzene rings is 1. The molecule has 0 saturated carbocycles. The Morgan fingerprint density at radius 2 is 2.19 bits per heavy atom. The van der Waals surface area contributed by atoms with Crippen LogP contribution in [0, 0.1) is 10.1 Å². The van der Waals surface area contributed by atoms with Crippen molar-refractivity contribution in [3.63, 3.8) is 0 Å². The average Bonchev–Trinajstić information content (AvgIpc) is 2.27. The monoisotopic (exact) mass is 244 g/mol. The highest BCUT2D eigenvalue weighted by Gasteiger charge is 2.14. The fourth-order valence-corrected chi connectivity index (χ4v) is 1.09. The highest BCUT2D eigenvalue weighted by molar-refractivity contribution is 6.18. The minimum Gasteiger partial charge on any atom is -0.448 e. The third kappa shape index (κ3) is 3.39. The van der Waals surface area contributed by atoms with Gasteiger partial charge in [0.15, 0.2) is 0 Å². The molecule has 0 unspecified atom stereocenters. The minimum atomic E-state index is -0.769. The number of halogens is 1. The van der Waals surface area contributed by atoms with Gasteiger partial charge in [-0.15, -0.1) is 11.6 Å². The summed E-state index contributed by atoms with van der Waals surface area (Å²) in [5, 5.41) is 12.9. The van der Waals surface area contributed by atoms with Gasteiger partial charge in [0.1, 0.15) is 12.3 Å². The summed E-state index contributed by atoms with van der Waals surface area (Å²) in [4.78, 5) is 21.2. The van der Waals surface area contributed by atoms with E-state index in [9.17, 15) is 14.9 Å². The quantitative estimate of drug-likeness (QED) is 0.501. The molecule has 0 saturated heterocycles. The van der Waals surface area contributed by atoms with Crippen LogP contribution in [0.1, 0.15) is 0 Å². The minimum absolute atomic E-state index is 0.0496. The van der Waals surface area contributed by atoms with E-state index in [1.165, 1.54) is 18.2 Å². The first-order valence-electron chi connectivity index (χ1n) is 4.38. The first kappa shape index (κ1) is 12.3. The lowest BCUT2D eigenvalue weighted by atomic mass is 10.3. The smallest absolute Gasteiger partial charge is 0.411 e. The molecule has 1 N–H and O–H groups in total. The summed E-state index contributed by atoms with van der Waals surface area (Å²) in [5.74, 6) is 0.171. The zero-order chi connectivity index (χ0) is 12.0. The van der Waals surface area contributed by atoms with Crippen molar-refractivity contribution in [3.05, 3.63) is 34.4 Å². The zero-order valence-corrected chi connectivity index (χ0v) is 8.94. The van der Waals surface area contributed by atoms with Gasteiger partial charge in [-0.2, -0.15) is 0 Å². The summed E-state index contributed by atoms with van der Waals surface area (Å²) >= 11 is 5.32. The van der Waals surface area contributed by atoms with Gasteiger partial charge in [0.2, 0.25) is 0 Å². The number of carbonyl (C=O) groups is 1. The van der Waals surface area contributed by atoms with Crippen LogP contribution in [-0.2, 0) is 4.74 Å². The largest absolute Gasteiger partial charge is 0.448 e. The second-order valence-corrected chi connectivity index (χ2v) is 3.10. The number of carbonyl (C=O) groups excluding carboxylic acids is 1. The molecule has 7 heteroatoms. The van der Waals surface area contributed by atoms with E-state index in [0.29, 0.717) is 0 Å². The summed E-state index contributed by atoms with van der Waals surface area (Å²) in [5.41, 5.74) is -0.0996. The van der Waals surface area contributed by atoms with Gasteiger partial charge in [0.25, 0.3) is 5.69 Å². The summed E-state index contributed by atoms with van der Waals surface area (Å²) in [6.45, 7) is 0.0496. The van der Waals surface area contributed by atoms with Gasteiger partial charge >= 0.3 is 6.09 Å². The fraction of sp³-hybridized carbons (Fsp3) is 0.222. The molecule has 0 spiro atoms. The van der Waals surface area contributed by atoms with Crippen molar-refractivity contribution >= 4 is 29.1 Å². The Morgan fingerprint density at radius 3 is 2.81 bits per heavy atom. The lowest BCUT2D eigenvalue weighted by molar-refractivity contribution is -0.383. The van der Waals surface area contributed by atoms with Crippen LogP contribution >= 0.6 is 11.6 Å². The zero-order valence-electron chi connectivity index (χ0n) is 8.18. The number of hydrogen-bond acceptors (Lipinski definition) is 4. The van der Waals surface area contributed by atoms with Crippen LogP contribution in [0.4, 0.5) is 16.2 Å².